The SMILES string of the molecule is CC(C)C(C#N)NC(=O)c1sccc1Br. The summed E-state index contributed by atoms with van der Waals surface area (Å²) < 4.78 is 0.769. The monoisotopic (exact) mass is 286 g/mol. The van der Waals surface area contributed by atoms with Crippen LogP contribution in [0.4, 0.5) is 0 Å². The van der Waals surface area contributed by atoms with Crippen molar-refractivity contribution in [2.45, 2.75) is 19.9 Å². The molecule has 0 fully saturated rings. The number of carbonyl (C=O) groups is 1. The molecule has 0 saturated heterocycles. The van der Waals surface area contributed by atoms with E-state index in [9.17, 15) is 4.79 Å². The Morgan fingerprint density at radius 3 is 2.73 bits per heavy atom. The van der Waals surface area contributed by atoms with Gasteiger partial charge in [-0.3, -0.25) is 4.79 Å². The molecule has 80 valence electrons. The third-order valence-corrected chi connectivity index (χ3v) is 3.75. The fourth-order valence-corrected chi connectivity index (χ4v) is 2.46. The van der Waals surface area contributed by atoms with Crippen molar-refractivity contribution in [2.24, 2.45) is 5.92 Å². The predicted molar refractivity (Wildman–Crippen MR) is 63.7 cm³/mol. The molecule has 1 N–H and O–H groups in total. The van der Waals surface area contributed by atoms with Crippen LogP contribution in [0.15, 0.2) is 15.9 Å². The van der Waals surface area contributed by atoms with Gasteiger partial charge in [0.25, 0.3) is 5.91 Å². The summed E-state index contributed by atoms with van der Waals surface area (Å²) >= 11 is 4.64. The molecule has 1 atom stereocenters. The number of nitriles is 1. The van der Waals surface area contributed by atoms with Gasteiger partial charge in [0, 0.05) is 4.47 Å². The van der Waals surface area contributed by atoms with Gasteiger partial charge in [-0.2, -0.15) is 5.26 Å². The highest BCUT2D eigenvalue weighted by molar-refractivity contribution is 9.10. The van der Waals surface area contributed by atoms with Crippen LogP contribution in [0.25, 0.3) is 0 Å². The van der Waals surface area contributed by atoms with Crippen molar-refractivity contribution in [2.75, 3.05) is 0 Å². The molecule has 0 aliphatic heterocycles. The number of hydrogen-bond acceptors (Lipinski definition) is 3. The van der Waals surface area contributed by atoms with Crippen molar-refractivity contribution < 1.29 is 4.79 Å². The summed E-state index contributed by atoms with van der Waals surface area (Å²) in [6.45, 7) is 3.80. The average molecular weight is 287 g/mol. The maximum Gasteiger partial charge on any atom is 0.263 e. The molecule has 15 heavy (non-hydrogen) atoms. The molecule has 0 radical (unpaired) electrons. The number of nitrogens with one attached hydrogen (secondary N) is 1. The number of thiophene rings is 1. The van der Waals surface area contributed by atoms with E-state index in [0.29, 0.717) is 4.88 Å². The zero-order valence-electron chi connectivity index (χ0n) is 8.45. The lowest BCUT2D eigenvalue weighted by molar-refractivity contribution is 0.0941. The molecule has 0 bridgehead atoms. The third kappa shape index (κ3) is 3.05. The molecule has 1 rings (SSSR count). The summed E-state index contributed by atoms with van der Waals surface area (Å²) in [7, 11) is 0. The number of nitrogens with zero attached hydrogens (tertiary/aromatic N) is 1. The second-order valence-corrected chi connectivity index (χ2v) is 5.19. The molecular weight excluding hydrogens is 276 g/mol. The Hall–Kier alpha value is -0.860. The number of hydrogen-bond donors (Lipinski definition) is 1. The van der Waals surface area contributed by atoms with Crippen molar-refractivity contribution in [1.82, 2.24) is 5.32 Å². The molecule has 1 heterocycles. The topological polar surface area (TPSA) is 52.9 Å². The Labute approximate surface area is 101 Å². The lowest BCUT2D eigenvalue weighted by Gasteiger charge is -2.14. The summed E-state index contributed by atoms with van der Waals surface area (Å²) in [6, 6.07) is 3.45. The molecule has 0 aromatic carbocycles. The van der Waals surface area contributed by atoms with Crippen molar-refractivity contribution >= 4 is 33.2 Å². The molecule has 1 aromatic rings. The molecular formula is C10H11BrN2OS. The van der Waals surface area contributed by atoms with E-state index in [1.165, 1.54) is 11.3 Å². The van der Waals surface area contributed by atoms with E-state index >= 15 is 0 Å². The van der Waals surface area contributed by atoms with E-state index in [1.807, 2.05) is 25.3 Å². The summed E-state index contributed by atoms with van der Waals surface area (Å²) in [5.41, 5.74) is 0. The fraction of sp³-hybridized carbons (Fsp3) is 0.400. The molecule has 0 aliphatic rings. The number of carbonyl (C=O) groups excluding carboxylic acids is 1. The second kappa shape index (κ2) is 5.29. The smallest absolute Gasteiger partial charge is 0.263 e. The van der Waals surface area contributed by atoms with E-state index < -0.39 is 6.04 Å². The Morgan fingerprint density at radius 1 is 1.67 bits per heavy atom. The Balaban J connectivity index is 2.72. The second-order valence-electron chi connectivity index (χ2n) is 3.42. The minimum atomic E-state index is -0.438. The van der Waals surface area contributed by atoms with Crippen LogP contribution in [0, 0.1) is 17.2 Å². The first-order valence-electron chi connectivity index (χ1n) is 4.49. The molecule has 0 saturated carbocycles. The van der Waals surface area contributed by atoms with Crippen LogP contribution < -0.4 is 5.32 Å². The lowest BCUT2D eigenvalue weighted by Crippen LogP contribution is -2.37. The van der Waals surface area contributed by atoms with E-state index in [-0.39, 0.29) is 11.8 Å². The van der Waals surface area contributed by atoms with Gasteiger partial charge in [0.15, 0.2) is 0 Å². The minimum absolute atomic E-state index is 0.109. The Bertz CT molecular complexity index is 394. The van der Waals surface area contributed by atoms with Gasteiger partial charge in [-0.05, 0) is 33.3 Å². The third-order valence-electron chi connectivity index (χ3n) is 1.92. The van der Waals surface area contributed by atoms with Crippen LogP contribution in [-0.2, 0) is 0 Å². The van der Waals surface area contributed by atoms with Crippen molar-refractivity contribution in [3.8, 4) is 6.07 Å². The quantitative estimate of drug-likeness (QED) is 0.929. The summed E-state index contributed by atoms with van der Waals surface area (Å²) in [5.74, 6) is -0.0881. The normalized spacial score (nSPS) is 12.2. The van der Waals surface area contributed by atoms with Gasteiger partial charge in [0.05, 0.1) is 6.07 Å². The van der Waals surface area contributed by atoms with E-state index in [2.05, 4.69) is 27.3 Å². The van der Waals surface area contributed by atoms with Crippen LogP contribution in [0.2, 0.25) is 0 Å². The molecule has 0 spiro atoms. The van der Waals surface area contributed by atoms with Crippen LogP contribution in [0.5, 0.6) is 0 Å². The van der Waals surface area contributed by atoms with E-state index in [1.54, 1.807) is 0 Å². The highest BCUT2D eigenvalue weighted by atomic mass is 79.9. The van der Waals surface area contributed by atoms with Gasteiger partial charge in [-0.15, -0.1) is 11.3 Å². The van der Waals surface area contributed by atoms with Gasteiger partial charge < -0.3 is 5.32 Å². The van der Waals surface area contributed by atoms with Crippen LogP contribution in [0.1, 0.15) is 23.5 Å². The number of halogens is 1. The molecule has 3 nitrogen and oxygen atoms in total. The van der Waals surface area contributed by atoms with Crippen molar-refractivity contribution in [3.05, 3.63) is 20.8 Å². The molecule has 1 aromatic heterocycles. The fourth-order valence-electron chi connectivity index (χ4n) is 1.01. The van der Waals surface area contributed by atoms with E-state index in [4.69, 9.17) is 5.26 Å². The molecule has 0 aliphatic carbocycles. The highest BCUT2D eigenvalue weighted by Gasteiger charge is 2.18. The first-order valence-corrected chi connectivity index (χ1v) is 6.17. The van der Waals surface area contributed by atoms with Crippen molar-refractivity contribution in [1.29, 1.82) is 5.26 Å². The number of rotatable bonds is 3. The maximum absolute atomic E-state index is 11.7. The first-order chi connectivity index (χ1) is 7.06. The summed E-state index contributed by atoms with van der Waals surface area (Å²) in [5, 5.41) is 13.4. The Kier molecular flexibility index (Phi) is 4.30. The lowest BCUT2D eigenvalue weighted by atomic mass is 10.1. The van der Waals surface area contributed by atoms with Gasteiger partial charge in [-0.1, -0.05) is 13.8 Å². The van der Waals surface area contributed by atoms with Crippen molar-refractivity contribution in [3.63, 3.8) is 0 Å². The minimum Gasteiger partial charge on any atom is -0.335 e. The summed E-state index contributed by atoms with van der Waals surface area (Å²) in [4.78, 5) is 12.3. The maximum atomic E-state index is 11.7. The molecule has 1 unspecified atom stereocenters. The van der Waals surface area contributed by atoms with Gasteiger partial charge >= 0.3 is 0 Å². The largest absolute Gasteiger partial charge is 0.335 e. The number of amides is 1. The van der Waals surface area contributed by atoms with Crippen LogP contribution in [-0.4, -0.2) is 11.9 Å². The molecule has 5 heteroatoms. The molecule has 1 amide bonds. The standard InChI is InChI=1S/C10H11BrN2OS/c1-6(2)8(5-12)13-10(14)9-7(11)3-4-15-9/h3-4,6,8H,1-2H3,(H,13,14). The summed E-state index contributed by atoms with van der Waals surface area (Å²) in [6.07, 6.45) is 0. The average Bonchev–Trinajstić information content (AvgIpc) is 2.60. The highest BCUT2D eigenvalue weighted by Crippen LogP contribution is 2.22. The van der Waals surface area contributed by atoms with Gasteiger partial charge in [0.1, 0.15) is 10.9 Å². The van der Waals surface area contributed by atoms with Crippen LogP contribution >= 0.6 is 27.3 Å². The zero-order chi connectivity index (χ0) is 11.4. The van der Waals surface area contributed by atoms with Gasteiger partial charge in [0.2, 0.25) is 0 Å². The zero-order valence-corrected chi connectivity index (χ0v) is 10.9. The first kappa shape index (κ1) is 12.2. The van der Waals surface area contributed by atoms with E-state index in [0.717, 1.165) is 4.47 Å². The Morgan fingerprint density at radius 2 is 2.33 bits per heavy atom. The predicted octanol–water partition coefficient (Wildman–Crippen LogP) is 2.79. The van der Waals surface area contributed by atoms with Gasteiger partial charge in [-0.25, -0.2) is 0 Å². The van der Waals surface area contributed by atoms with Crippen LogP contribution in [0.3, 0.4) is 0 Å².